The largest absolute Gasteiger partial charge is 0.355 e. The second-order valence-corrected chi connectivity index (χ2v) is 5.81. The van der Waals surface area contributed by atoms with Crippen molar-refractivity contribution >= 4 is 23.0 Å². The molecule has 1 aromatic heterocycles. The highest BCUT2D eigenvalue weighted by atomic mass is 16.2. The molecule has 1 heterocycles. The third kappa shape index (κ3) is 4.04. The number of carbonyl (C=O) groups excluding carboxylic acids is 1. The number of para-hydroxylation sites is 1. The van der Waals surface area contributed by atoms with Gasteiger partial charge in [-0.15, -0.1) is 0 Å². The molecule has 0 saturated carbocycles. The Morgan fingerprint density at radius 3 is 2.40 bits per heavy atom. The van der Waals surface area contributed by atoms with Gasteiger partial charge in [0.25, 0.3) is 5.91 Å². The van der Waals surface area contributed by atoms with Gasteiger partial charge in [-0.2, -0.15) is 0 Å². The van der Waals surface area contributed by atoms with Crippen LogP contribution in [0.1, 0.15) is 23.0 Å². The molecule has 0 radical (unpaired) electrons. The van der Waals surface area contributed by atoms with E-state index in [2.05, 4.69) is 17.2 Å². The number of pyridine rings is 1. The van der Waals surface area contributed by atoms with E-state index in [0.717, 1.165) is 17.1 Å². The Bertz CT molecular complexity index is 845. The number of amides is 1. The molecule has 3 aromatic rings. The summed E-state index contributed by atoms with van der Waals surface area (Å²) in [6, 6.07) is 21.4. The minimum absolute atomic E-state index is 0.110. The summed E-state index contributed by atoms with van der Waals surface area (Å²) in [7, 11) is 0. The number of hydrogen-bond donors (Lipinski definition) is 1. The van der Waals surface area contributed by atoms with Gasteiger partial charge in [-0.25, -0.2) is 0 Å². The van der Waals surface area contributed by atoms with Crippen molar-refractivity contribution in [2.75, 3.05) is 16.8 Å². The molecule has 0 aliphatic rings. The molecule has 1 N–H and O–H groups in total. The lowest BCUT2D eigenvalue weighted by atomic mass is 10.2. The fraction of sp³-hybridized carbons (Fsp3) is 0.143. The zero-order chi connectivity index (χ0) is 17.6. The van der Waals surface area contributed by atoms with Crippen LogP contribution in [0.15, 0.2) is 72.9 Å². The molecule has 0 aliphatic carbocycles. The fourth-order valence-electron chi connectivity index (χ4n) is 2.62. The molecular weight excluding hydrogens is 310 g/mol. The molecule has 25 heavy (non-hydrogen) atoms. The van der Waals surface area contributed by atoms with Crippen molar-refractivity contribution < 1.29 is 4.79 Å². The predicted molar refractivity (Wildman–Crippen MR) is 102 cm³/mol. The van der Waals surface area contributed by atoms with Crippen LogP contribution < -0.4 is 10.2 Å². The van der Waals surface area contributed by atoms with E-state index in [-0.39, 0.29) is 5.91 Å². The molecule has 2 aromatic carbocycles. The summed E-state index contributed by atoms with van der Waals surface area (Å²) < 4.78 is 0. The molecular formula is C21H21N3O. The summed E-state index contributed by atoms with van der Waals surface area (Å²) in [6.45, 7) is 4.59. The van der Waals surface area contributed by atoms with Crippen molar-refractivity contribution in [2.24, 2.45) is 0 Å². The Kier molecular flexibility index (Phi) is 5.09. The first-order chi connectivity index (χ1) is 12.2. The lowest BCUT2D eigenvalue weighted by molar-refractivity contribution is 0.0983. The van der Waals surface area contributed by atoms with Crippen molar-refractivity contribution in [1.29, 1.82) is 0 Å². The number of hydrogen-bond acceptors (Lipinski definition) is 3. The number of carbonyl (C=O) groups is 1. The van der Waals surface area contributed by atoms with Crippen LogP contribution in [0.4, 0.5) is 17.1 Å². The van der Waals surface area contributed by atoms with Crippen LogP contribution in [-0.2, 0) is 0 Å². The highest BCUT2D eigenvalue weighted by Gasteiger charge is 2.17. The first-order valence-corrected chi connectivity index (χ1v) is 8.34. The van der Waals surface area contributed by atoms with Crippen LogP contribution in [0.5, 0.6) is 0 Å². The lowest BCUT2D eigenvalue weighted by Gasteiger charge is -2.20. The van der Waals surface area contributed by atoms with Gasteiger partial charge in [0.15, 0.2) is 0 Å². The van der Waals surface area contributed by atoms with Crippen molar-refractivity contribution in [1.82, 2.24) is 4.98 Å². The third-order valence-electron chi connectivity index (χ3n) is 3.95. The van der Waals surface area contributed by atoms with Gasteiger partial charge in [0.2, 0.25) is 0 Å². The van der Waals surface area contributed by atoms with Crippen molar-refractivity contribution in [3.63, 3.8) is 0 Å². The Balaban J connectivity index is 1.82. The number of anilines is 3. The topological polar surface area (TPSA) is 45.2 Å². The van der Waals surface area contributed by atoms with Crippen LogP contribution in [-0.4, -0.2) is 17.4 Å². The zero-order valence-electron chi connectivity index (χ0n) is 14.4. The van der Waals surface area contributed by atoms with E-state index in [9.17, 15) is 4.79 Å². The van der Waals surface area contributed by atoms with Gasteiger partial charge in [-0.3, -0.25) is 9.78 Å². The highest BCUT2D eigenvalue weighted by Crippen LogP contribution is 2.20. The lowest BCUT2D eigenvalue weighted by Crippen LogP contribution is -2.31. The average Bonchev–Trinajstić information content (AvgIpc) is 2.65. The molecule has 4 heteroatoms. The minimum atomic E-state index is -0.110. The van der Waals surface area contributed by atoms with Crippen LogP contribution >= 0.6 is 0 Å². The maximum Gasteiger partial charge on any atom is 0.276 e. The van der Waals surface area contributed by atoms with Crippen LogP contribution in [0.2, 0.25) is 0 Å². The number of aryl methyl sites for hydroxylation is 1. The molecule has 4 nitrogen and oxygen atoms in total. The normalized spacial score (nSPS) is 10.3. The molecule has 0 unspecified atom stereocenters. The van der Waals surface area contributed by atoms with Crippen molar-refractivity contribution in [3.8, 4) is 0 Å². The Morgan fingerprint density at radius 2 is 1.72 bits per heavy atom. The molecule has 1 amide bonds. The first-order valence-electron chi connectivity index (χ1n) is 8.34. The van der Waals surface area contributed by atoms with Crippen molar-refractivity contribution in [3.05, 3.63) is 84.2 Å². The smallest absolute Gasteiger partial charge is 0.276 e. The Morgan fingerprint density at radius 1 is 1.00 bits per heavy atom. The molecule has 3 rings (SSSR count). The summed E-state index contributed by atoms with van der Waals surface area (Å²) in [5.41, 5.74) is 4.31. The third-order valence-corrected chi connectivity index (χ3v) is 3.95. The zero-order valence-corrected chi connectivity index (χ0v) is 14.4. The SMILES string of the molecule is CCN(C(=O)c1cc(Nc2ccc(C)cc2)ccn1)c1ccccc1. The Hall–Kier alpha value is -3.14. The van der Waals surface area contributed by atoms with E-state index in [1.165, 1.54) is 5.56 Å². The number of nitrogens with one attached hydrogen (secondary N) is 1. The standard InChI is InChI=1S/C21H21N3O/c1-3-24(19-7-5-4-6-8-19)21(25)20-15-18(13-14-22-20)23-17-11-9-16(2)10-12-17/h4-15H,3H2,1-2H3,(H,22,23). The second kappa shape index (κ2) is 7.62. The molecule has 0 atom stereocenters. The number of rotatable bonds is 5. The summed E-state index contributed by atoms with van der Waals surface area (Å²) in [6.07, 6.45) is 1.66. The first kappa shape index (κ1) is 16.7. The highest BCUT2D eigenvalue weighted by molar-refractivity contribution is 6.05. The molecule has 126 valence electrons. The van der Waals surface area contributed by atoms with Crippen molar-refractivity contribution in [2.45, 2.75) is 13.8 Å². The van der Waals surface area contributed by atoms with E-state index in [1.807, 2.05) is 67.6 Å². The van der Waals surface area contributed by atoms with Gasteiger partial charge in [0.05, 0.1) is 0 Å². The quantitative estimate of drug-likeness (QED) is 0.730. The van der Waals surface area contributed by atoms with Gasteiger partial charge in [-0.05, 0) is 50.2 Å². The van der Waals surface area contributed by atoms with Crippen LogP contribution in [0.3, 0.4) is 0 Å². The summed E-state index contributed by atoms with van der Waals surface area (Å²) in [5, 5.41) is 3.31. The minimum Gasteiger partial charge on any atom is -0.355 e. The summed E-state index contributed by atoms with van der Waals surface area (Å²) in [5.74, 6) is -0.110. The van der Waals surface area contributed by atoms with E-state index in [4.69, 9.17) is 0 Å². The van der Waals surface area contributed by atoms with Gasteiger partial charge in [0.1, 0.15) is 5.69 Å². The van der Waals surface area contributed by atoms with E-state index in [1.54, 1.807) is 17.2 Å². The van der Waals surface area contributed by atoms with E-state index in [0.29, 0.717) is 12.2 Å². The van der Waals surface area contributed by atoms with Crippen LogP contribution in [0.25, 0.3) is 0 Å². The molecule has 0 aliphatic heterocycles. The van der Waals surface area contributed by atoms with Crippen LogP contribution in [0, 0.1) is 6.92 Å². The maximum atomic E-state index is 12.9. The van der Waals surface area contributed by atoms with Gasteiger partial charge in [-0.1, -0.05) is 35.9 Å². The monoisotopic (exact) mass is 331 g/mol. The molecule has 0 bridgehead atoms. The Labute approximate surface area is 148 Å². The summed E-state index contributed by atoms with van der Waals surface area (Å²) >= 11 is 0. The maximum absolute atomic E-state index is 12.9. The molecule has 0 spiro atoms. The number of nitrogens with zero attached hydrogens (tertiary/aromatic N) is 2. The molecule has 0 fully saturated rings. The van der Waals surface area contributed by atoms with E-state index < -0.39 is 0 Å². The molecule has 0 saturated heterocycles. The van der Waals surface area contributed by atoms with Gasteiger partial charge < -0.3 is 10.2 Å². The fourth-order valence-corrected chi connectivity index (χ4v) is 2.62. The van der Waals surface area contributed by atoms with Gasteiger partial charge in [0, 0.05) is 29.8 Å². The second-order valence-electron chi connectivity index (χ2n) is 5.81. The average molecular weight is 331 g/mol. The summed E-state index contributed by atoms with van der Waals surface area (Å²) in [4.78, 5) is 18.8. The van der Waals surface area contributed by atoms with E-state index >= 15 is 0 Å². The number of aromatic nitrogens is 1. The van der Waals surface area contributed by atoms with Gasteiger partial charge >= 0.3 is 0 Å². The predicted octanol–water partition coefficient (Wildman–Crippen LogP) is 4.80. The number of benzene rings is 2.